The number of benzene rings is 3. The summed E-state index contributed by atoms with van der Waals surface area (Å²) in [6.07, 6.45) is 2.53. The number of nitrogens with one attached hydrogen (secondary N) is 2. The summed E-state index contributed by atoms with van der Waals surface area (Å²) in [7, 11) is 1.37. The van der Waals surface area contributed by atoms with Gasteiger partial charge in [0.2, 0.25) is 5.91 Å². The Kier molecular flexibility index (Phi) is 8.90. The second-order valence-corrected chi connectivity index (χ2v) is 12.7. The Labute approximate surface area is 248 Å². The quantitative estimate of drug-likeness (QED) is 0.166. The van der Waals surface area contributed by atoms with Crippen molar-refractivity contribution in [1.29, 1.82) is 0 Å². The normalized spacial score (nSPS) is 15.0. The van der Waals surface area contributed by atoms with Crippen LogP contribution in [0.5, 0.6) is 0 Å². The van der Waals surface area contributed by atoms with Crippen LogP contribution >= 0.6 is 23.1 Å². The van der Waals surface area contributed by atoms with Gasteiger partial charge in [0.05, 0.1) is 17.9 Å². The summed E-state index contributed by atoms with van der Waals surface area (Å²) in [5.41, 5.74) is 5.08. The van der Waals surface area contributed by atoms with Gasteiger partial charge in [0.1, 0.15) is 5.00 Å². The van der Waals surface area contributed by atoms with Gasteiger partial charge in [-0.1, -0.05) is 54.1 Å². The molecule has 4 aromatic rings. The molecule has 1 heterocycles. The fourth-order valence-corrected chi connectivity index (χ4v) is 7.27. The molecule has 0 bridgehead atoms. The lowest BCUT2D eigenvalue weighted by atomic mass is 9.83. The van der Waals surface area contributed by atoms with Gasteiger partial charge in [0, 0.05) is 21.0 Å². The number of ether oxygens (including phenoxy) is 1. The summed E-state index contributed by atoms with van der Waals surface area (Å²) in [4.78, 5) is 40.7. The highest BCUT2D eigenvalue weighted by molar-refractivity contribution is 8.00. The number of carbonyl (C=O) groups is 3. The minimum Gasteiger partial charge on any atom is -0.465 e. The van der Waals surface area contributed by atoms with Gasteiger partial charge in [0.15, 0.2) is 0 Å². The van der Waals surface area contributed by atoms with Crippen molar-refractivity contribution in [3.8, 4) is 0 Å². The number of thioether (sulfide) groups is 1. The van der Waals surface area contributed by atoms with Crippen molar-refractivity contribution in [3.63, 3.8) is 0 Å². The van der Waals surface area contributed by atoms with Crippen molar-refractivity contribution in [2.75, 3.05) is 17.7 Å². The van der Waals surface area contributed by atoms with E-state index in [0.29, 0.717) is 27.7 Å². The van der Waals surface area contributed by atoms with E-state index < -0.39 is 11.2 Å². The van der Waals surface area contributed by atoms with E-state index in [0.717, 1.165) is 40.2 Å². The Balaban J connectivity index is 1.27. The van der Waals surface area contributed by atoms with Gasteiger partial charge in [0.25, 0.3) is 5.91 Å². The maximum Gasteiger partial charge on any atom is 0.341 e. The van der Waals surface area contributed by atoms with Crippen LogP contribution < -0.4 is 10.6 Å². The molecule has 0 saturated heterocycles. The maximum absolute atomic E-state index is 13.3. The number of rotatable bonds is 8. The molecule has 0 radical (unpaired) electrons. The highest BCUT2D eigenvalue weighted by Crippen LogP contribution is 2.43. The van der Waals surface area contributed by atoms with Crippen LogP contribution in [-0.2, 0) is 22.4 Å². The predicted octanol–water partition coefficient (Wildman–Crippen LogP) is 7.49. The zero-order chi connectivity index (χ0) is 28.9. The van der Waals surface area contributed by atoms with Crippen molar-refractivity contribution in [2.24, 2.45) is 0 Å². The fraction of sp³-hybridized carbons (Fsp3) is 0.242. The number of fused-ring (bicyclic) bond motifs is 1. The van der Waals surface area contributed by atoms with Crippen molar-refractivity contribution in [3.05, 3.63) is 112 Å². The molecular weight excluding hydrogens is 553 g/mol. The van der Waals surface area contributed by atoms with Crippen molar-refractivity contribution < 1.29 is 19.1 Å². The Morgan fingerprint density at radius 3 is 2.46 bits per heavy atom. The summed E-state index contributed by atoms with van der Waals surface area (Å²) < 4.78 is 5.11. The average Bonchev–Trinajstić information content (AvgIpc) is 3.34. The molecule has 6 nitrogen and oxygen atoms in total. The Morgan fingerprint density at radius 1 is 0.976 bits per heavy atom. The van der Waals surface area contributed by atoms with Crippen molar-refractivity contribution >= 4 is 51.6 Å². The minimum absolute atomic E-state index is 0.190. The SMILES string of the molecule is COC(=O)c1c(NC(=O)C(C)Sc2cccc(NC(=O)c3ccc(C)cc3)c2)sc2c1CCC(c1ccccc1)C2. The van der Waals surface area contributed by atoms with Crippen LogP contribution in [0.15, 0.2) is 83.8 Å². The molecule has 2 atom stereocenters. The Hall–Kier alpha value is -3.88. The number of anilines is 2. The lowest BCUT2D eigenvalue weighted by Crippen LogP contribution is -2.23. The van der Waals surface area contributed by atoms with Gasteiger partial charge in [-0.15, -0.1) is 23.1 Å². The molecule has 1 aliphatic carbocycles. The summed E-state index contributed by atoms with van der Waals surface area (Å²) in [6, 6.07) is 25.2. The second kappa shape index (κ2) is 12.7. The first-order valence-corrected chi connectivity index (χ1v) is 15.3. The van der Waals surface area contributed by atoms with E-state index in [1.807, 2.05) is 56.3 Å². The van der Waals surface area contributed by atoms with Crippen molar-refractivity contribution in [2.45, 2.75) is 49.2 Å². The molecular formula is C33H32N2O4S2. The van der Waals surface area contributed by atoms with E-state index in [9.17, 15) is 14.4 Å². The van der Waals surface area contributed by atoms with Gasteiger partial charge in [-0.25, -0.2) is 4.79 Å². The van der Waals surface area contributed by atoms with Gasteiger partial charge >= 0.3 is 5.97 Å². The zero-order valence-electron chi connectivity index (χ0n) is 23.2. The van der Waals surface area contributed by atoms with E-state index in [1.165, 1.54) is 35.8 Å². The number of hydrogen-bond donors (Lipinski definition) is 2. The maximum atomic E-state index is 13.3. The van der Waals surface area contributed by atoms with Crippen LogP contribution in [0.1, 0.15) is 61.5 Å². The summed E-state index contributed by atoms with van der Waals surface area (Å²) in [5, 5.41) is 6.05. The molecule has 0 saturated carbocycles. The topological polar surface area (TPSA) is 84.5 Å². The molecule has 210 valence electrons. The molecule has 0 fully saturated rings. The van der Waals surface area contributed by atoms with Crippen LogP contribution in [0.3, 0.4) is 0 Å². The minimum atomic E-state index is -0.445. The number of amides is 2. The molecule has 2 unspecified atom stereocenters. The molecule has 41 heavy (non-hydrogen) atoms. The lowest BCUT2D eigenvalue weighted by molar-refractivity contribution is -0.115. The zero-order valence-corrected chi connectivity index (χ0v) is 24.9. The highest BCUT2D eigenvalue weighted by atomic mass is 32.2. The first-order chi connectivity index (χ1) is 19.8. The van der Waals surface area contributed by atoms with Crippen LogP contribution in [0, 0.1) is 6.92 Å². The summed E-state index contributed by atoms with van der Waals surface area (Å²) >= 11 is 2.86. The smallest absolute Gasteiger partial charge is 0.341 e. The number of aryl methyl sites for hydroxylation is 1. The molecule has 2 N–H and O–H groups in total. The first-order valence-electron chi connectivity index (χ1n) is 13.6. The molecule has 2 amide bonds. The largest absolute Gasteiger partial charge is 0.465 e. The van der Waals surface area contributed by atoms with E-state index in [-0.39, 0.29) is 11.8 Å². The first kappa shape index (κ1) is 28.6. The van der Waals surface area contributed by atoms with E-state index in [4.69, 9.17) is 4.74 Å². The van der Waals surface area contributed by atoms with Crippen LogP contribution in [-0.4, -0.2) is 30.1 Å². The summed E-state index contributed by atoms with van der Waals surface area (Å²) in [5.74, 6) is -0.435. The van der Waals surface area contributed by atoms with Gasteiger partial charge in [-0.2, -0.15) is 0 Å². The predicted molar refractivity (Wildman–Crippen MR) is 166 cm³/mol. The number of methoxy groups -OCH3 is 1. The number of hydrogen-bond acceptors (Lipinski definition) is 6. The number of carbonyl (C=O) groups excluding carboxylic acids is 3. The number of esters is 1. The van der Waals surface area contributed by atoms with Gasteiger partial charge in [-0.05, 0) is 80.5 Å². The average molecular weight is 585 g/mol. The summed E-state index contributed by atoms with van der Waals surface area (Å²) in [6.45, 7) is 3.80. The Morgan fingerprint density at radius 2 is 1.73 bits per heavy atom. The van der Waals surface area contributed by atoms with Crippen molar-refractivity contribution in [1.82, 2.24) is 0 Å². The molecule has 0 spiro atoms. The van der Waals surface area contributed by atoms with E-state index in [2.05, 4.69) is 34.9 Å². The van der Waals surface area contributed by atoms with Crippen LogP contribution in [0.4, 0.5) is 10.7 Å². The monoisotopic (exact) mass is 584 g/mol. The standard InChI is InChI=1S/C33H32N2O4S2/c1-20-12-14-23(15-13-20)31(37)34-25-10-7-11-26(19-25)40-21(2)30(36)35-32-29(33(38)39-3)27-17-16-24(18-28(27)41-32)22-8-5-4-6-9-22/h4-15,19,21,24H,16-18H2,1-3H3,(H,34,37)(H,35,36). The van der Waals surface area contributed by atoms with E-state index >= 15 is 0 Å². The van der Waals surface area contributed by atoms with E-state index in [1.54, 1.807) is 12.1 Å². The third kappa shape index (κ3) is 6.72. The van der Waals surface area contributed by atoms with Crippen LogP contribution in [0.25, 0.3) is 0 Å². The molecule has 5 rings (SSSR count). The fourth-order valence-electron chi connectivity index (χ4n) is 5.03. The number of thiophene rings is 1. The van der Waals surface area contributed by atoms with Crippen LogP contribution in [0.2, 0.25) is 0 Å². The second-order valence-electron chi connectivity index (χ2n) is 10.1. The molecule has 3 aromatic carbocycles. The molecule has 8 heteroatoms. The molecule has 1 aromatic heterocycles. The Bertz CT molecular complexity index is 1560. The third-order valence-corrected chi connectivity index (χ3v) is 9.51. The lowest BCUT2D eigenvalue weighted by Gasteiger charge is -2.22. The third-order valence-electron chi connectivity index (χ3n) is 7.25. The van der Waals surface area contributed by atoms with Gasteiger partial charge < -0.3 is 15.4 Å². The molecule has 0 aliphatic heterocycles. The highest BCUT2D eigenvalue weighted by Gasteiger charge is 2.31. The van der Waals surface area contributed by atoms with Gasteiger partial charge in [-0.3, -0.25) is 9.59 Å². The molecule has 1 aliphatic rings.